The van der Waals surface area contributed by atoms with Gasteiger partial charge < -0.3 is 5.73 Å². The normalized spacial score (nSPS) is 13.8. The number of rotatable bonds is 7. The Bertz CT molecular complexity index is 900. The van der Waals surface area contributed by atoms with Gasteiger partial charge in [0.15, 0.2) is 0 Å². The highest BCUT2D eigenvalue weighted by molar-refractivity contribution is 5.99. The number of benzene rings is 3. The van der Waals surface area contributed by atoms with Crippen LogP contribution in [0.25, 0.3) is 11.1 Å². The number of unbranched alkanes of at least 4 members (excludes halogenated alkanes) is 2. The molecule has 0 radical (unpaired) electrons. The minimum absolute atomic E-state index is 0.233. The molecule has 1 aliphatic rings. The molecule has 0 saturated carbocycles. The van der Waals surface area contributed by atoms with Crippen LogP contribution >= 0.6 is 0 Å². The molecule has 0 spiro atoms. The Morgan fingerprint density at radius 1 is 0.704 bits per heavy atom. The van der Waals surface area contributed by atoms with Crippen LogP contribution in [0.2, 0.25) is 0 Å². The number of hydrogen-bond donors (Lipinski definition) is 1. The van der Waals surface area contributed by atoms with Gasteiger partial charge in [0.05, 0.1) is 5.41 Å². The first-order valence-corrected chi connectivity index (χ1v) is 9.77. The molecule has 0 aliphatic heterocycles. The Morgan fingerprint density at radius 2 is 1.26 bits per heavy atom. The van der Waals surface area contributed by atoms with Crippen molar-refractivity contribution in [2.24, 2.45) is 5.73 Å². The molecule has 2 nitrogen and oxygen atoms in total. The van der Waals surface area contributed by atoms with Gasteiger partial charge in [-0.1, -0.05) is 91.7 Å². The van der Waals surface area contributed by atoms with Gasteiger partial charge in [-0.05, 0) is 47.1 Å². The van der Waals surface area contributed by atoms with Crippen LogP contribution < -0.4 is 5.73 Å². The molecule has 0 unspecified atom stereocenters. The highest BCUT2D eigenvalue weighted by Gasteiger charge is 2.47. The van der Waals surface area contributed by atoms with Gasteiger partial charge in [-0.15, -0.1) is 0 Å². The summed E-state index contributed by atoms with van der Waals surface area (Å²) in [6.45, 7) is 0. The number of fused-ring (bicyclic) bond motifs is 3. The first-order valence-electron chi connectivity index (χ1n) is 9.77. The van der Waals surface area contributed by atoms with Crippen LogP contribution in [0, 0.1) is 0 Å². The molecule has 0 heterocycles. The quantitative estimate of drug-likeness (QED) is 0.579. The van der Waals surface area contributed by atoms with E-state index in [1.165, 1.54) is 5.56 Å². The fourth-order valence-electron chi connectivity index (χ4n) is 4.52. The molecule has 0 bridgehead atoms. The number of amides is 1. The molecule has 136 valence electrons. The maximum absolute atomic E-state index is 12.8. The molecule has 27 heavy (non-hydrogen) atoms. The van der Waals surface area contributed by atoms with Gasteiger partial charge in [-0.2, -0.15) is 0 Å². The fraction of sp³-hybridized carbons (Fsp3) is 0.240. The lowest BCUT2D eigenvalue weighted by Gasteiger charge is -2.28. The summed E-state index contributed by atoms with van der Waals surface area (Å²) in [5.74, 6) is -0.233. The Kier molecular flexibility index (Phi) is 4.81. The molecule has 1 aliphatic carbocycles. The molecule has 2 N–H and O–H groups in total. The van der Waals surface area contributed by atoms with E-state index in [-0.39, 0.29) is 5.91 Å². The summed E-state index contributed by atoms with van der Waals surface area (Å²) in [6, 6.07) is 27.0. The van der Waals surface area contributed by atoms with Crippen molar-refractivity contribution < 1.29 is 4.79 Å². The highest BCUT2D eigenvalue weighted by Crippen LogP contribution is 2.51. The standard InChI is InChI=1S/C25H25NO/c26-24(27)25(18-10-2-5-13-19-11-3-1-4-12-19)22-16-8-6-14-20(22)21-15-7-9-17-23(21)25/h1,3-4,6-9,11-12,14-17H,2,5,10,13,18H2,(H2,26,27). The van der Waals surface area contributed by atoms with Crippen LogP contribution in [-0.2, 0) is 16.6 Å². The van der Waals surface area contributed by atoms with E-state index in [2.05, 4.69) is 54.6 Å². The predicted octanol–water partition coefficient (Wildman–Crippen LogP) is 5.24. The molecule has 0 atom stereocenters. The summed E-state index contributed by atoms with van der Waals surface area (Å²) in [6.07, 6.45) is 5.05. The summed E-state index contributed by atoms with van der Waals surface area (Å²) >= 11 is 0. The molecule has 1 amide bonds. The summed E-state index contributed by atoms with van der Waals surface area (Å²) < 4.78 is 0. The molecule has 0 saturated heterocycles. The molecule has 0 aromatic heterocycles. The molecular weight excluding hydrogens is 330 g/mol. The third kappa shape index (κ3) is 3.06. The summed E-state index contributed by atoms with van der Waals surface area (Å²) in [7, 11) is 0. The van der Waals surface area contributed by atoms with E-state index in [1.54, 1.807) is 0 Å². The topological polar surface area (TPSA) is 43.1 Å². The minimum atomic E-state index is -0.695. The van der Waals surface area contributed by atoms with Crippen molar-refractivity contribution in [3.63, 3.8) is 0 Å². The first kappa shape index (κ1) is 17.5. The average molecular weight is 355 g/mol. The van der Waals surface area contributed by atoms with Gasteiger partial charge in [-0.3, -0.25) is 4.79 Å². The van der Waals surface area contributed by atoms with Crippen LogP contribution in [0.15, 0.2) is 78.9 Å². The molecule has 4 rings (SSSR count). The van der Waals surface area contributed by atoms with E-state index < -0.39 is 5.41 Å². The summed E-state index contributed by atoms with van der Waals surface area (Å²) in [5.41, 5.74) is 11.1. The third-order valence-corrected chi connectivity index (χ3v) is 5.84. The van der Waals surface area contributed by atoms with Crippen LogP contribution in [0.1, 0.15) is 42.4 Å². The van der Waals surface area contributed by atoms with Gasteiger partial charge in [0.2, 0.25) is 5.91 Å². The van der Waals surface area contributed by atoms with Crippen molar-refractivity contribution >= 4 is 5.91 Å². The minimum Gasteiger partial charge on any atom is -0.369 e. The van der Waals surface area contributed by atoms with Crippen LogP contribution in [-0.4, -0.2) is 5.91 Å². The van der Waals surface area contributed by atoms with E-state index in [1.807, 2.05) is 24.3 Å². The third-order valence-electron chi connectivity index (χ3n) is 5.84. The largest absolute Gasteiger partial charge is 0.369 e. The second kappa shape index (κ2) is 7.40. The lowest BCUT2D eigenvalue weighted by Crippen LogP contribution is -2.40. The zero-order valence-corrected chi connectivity index (χ0v) is 15.5. The van der Waals surface area contributed by atoms with Crippen LogP contribution in [0.5, 0.6) is 0 Å². The van der Waals surface area contributed by atoms with Crippen molar-refractivity contribution in [1.29, 1.82) is 0 Å². The number of aryl methyl sites for hydroxylation is 1. The van der Waals surface area contributed by atoms with E-state index in [4.69, 9.17) is 5.73 Å². The Morgan fingerprint density at radius 3 is 1.85 bits per heavy atom. The number of carbonyl (C=O) groups is 1. The first-order chi connectivity index (χ1) is 13.2. The van der Waals surface area contributed by atoms with Crippen molar-refractivity contribution in [3.8, 4) is 11.1 Å². The molecular formula is C25H25NO. The summed E-state index contributed by atoms with van der Waals surface area (Å²) in [4.78, 5) is 12.8. The van der Waals surface area contributed by atoms with Crippen molar-refractivity contribution in [3.05, 3.63) is 95.6 Å². The molecule has 3 aromatic rings. The van der Waals surface area contributed by atoms with Gasteiger partial charge >= 0.3 is 0 Å². The van der Waals surface area contributed by atoms with Crippen molar-refractivity contribution in [2.45, 2.75) is 37.5 Å². The van der Waals surface area contributed by atoms with Gasteiger partial charge in [-0.25, -0.2) is 0 Å². The molecule has 3 aromatic carbocycles. The summed E-state index contributed by atoms with van der Waals surface area (Å²) in [5, 5.41) is 0. The second-order valence-corrected chi connectivity index (χ2v) is 7.41. The van der Waals surface area contributed by atoms with E-state index in [0.717, 1.165) is 54.4 Å². The van der Waals surface area contributed by atoms with Gasteiger partial charge in [0.1, 0.15) is 0 Å². The van der Waals surface area contributed by atoms with Gasteiger partial charge in [0, 0.05) is 0 Å². The highest BCUT2D eigenvalue weighted by atomic mass is 16.1. The predicted molar refractivity (Wildman–Crippen MR) is 110 cm³/mol. The van der Waals surface area contributed by atoms with E-state index >= 15 is 0 Å². The van der Waals surface area contributed by atoms with E-state index in [0.29, 0.717) is 0 Å². The maximum Gasteiger partial charge on any atom is 0.232 e. The average Bonchev–Trinajstić information content (AvgIpc) is 3.00. The van der Waals surface area contributed by atoms with Crippen LogP contribution in [0.4, 0.5) is 0 Å². The second-order valence-electron chi connectivity index (χ2n) is 7.41. The van der Waals surface area contributed by atoms with Gasteiger partial charge in [0.25, 0.3) is 0 Å². The smallest absolute Gasteiger partial charge is 0.232 e. The Hall–Kier alpha value is -2.87. The fourth-order valence-corrected chi connectivity index (χ4v) is 4.52. The lowest BCUT2D eigenvalue weighted by atomic mass is 9.73. The number of carbonyl (C=O) groups excluding carboxylic acids is 1. The number of primary amides is 1. The Labute approximate surface area is 161 Å². The number of nitrogens with two attached hydrogens (primary N) is 1. The van der Waals surface area contributed by atoms with Crippen molar-refractivity contribution in [1.82, 2.24) is 0 Å². The van der Waals surface area contributed by atoms with Crippen LogP contribution in [0.3, 0.4) is 0 Å². The van der Waals surface area contributed by atoms with E-state index in [9.17, 15) is 4.79 Å². The monoisotopic (exact) mass is 355 g/mol. The zero-order chi connectivity index (χ0) is 18.7. The zero-order valence-electron chi connectivity index (χ0n) is 15.5. The molecule has 0 fully saturated rings. The van der Waals surface area contributed by atoms with Crippen molar-refractivity contribution in [2.75, 3.05) is 0 Å². The lowest BCUT2D eigenvalue weighted by molar-refractivity contribution is -0.122. The maximum atomic E-state index is 12.8. The number of hydrogen-bond acceptors (Lipinski definition) is 1. The Balaban J connectivity index is 1.54. The SMILES string of the molecule is NC(=O)C1(CCCCCc2ccccc2)c2ccccc2-c2ccccc21. The molecule has 2 heteroatoms.